The van der Waals surface area contributed by atoms with Crippen LogP contribution in [0, 0.1) is 6.92 Å². The summed E-state index contributed by atoms with van der Waals surface area (Å²) in [7, 11) is 0. The highest BCUT2D eigenvalue weighted by atomic mass is 35.5. The minimum Gasteiger partial charge on any atom is -0.420 e. The molecule has 0 fully saturated rings. The van der Waals surface area contributed by atoms with Crippen LogP contribution in [0.15, 0.2) is 57.5 Å². The van der Waals surface area contributed by atoms with Gasteiger partial charge in [-0.15, -0.1) is 10.2 Å². The van der Waals surface area contributed by atoms with Crippen LogP contribution >= 0.6 is 11.6 Å². The smallest absolute Gasteiger partial charge is 0.247 e. The van der Waals surface area contributed by atoms with Crippen molar-refractivity contribution in [3.63, 3.8) is 0 Å². The Morgan fingerprint density at radius 3 is 2.36 bits per heavy atom. The number of aryl methyl sites for hydroxylation is 1. The van der Waals surface area contributed by atoms with Gasteiger partial charge in [0.25, 0.3) is 0 Å². The van der Waals surface area contributed by atoms with Gasteiger partial charge in [-0.25, -0.2) is 0 Å². The molecule has 7 heteroatoms. The first-order valence-electron chi connectivity index (χ1n) is 7.65. The largest absolute Gasteiger partial charge is 0.420 e. The lowest BCUT2D eigenvalue weighted by atomic mass is 10.1. The number of rotatable bonds is 4. The Morgan fingerprint density at radius 2 is 1.60 bits per heavy atom. The molecule has 124 valence electrons. The molecule has 4 aromatic rings. The fourth-order valence-corrected chi connectivity index (χ4v) is 2.44. The van der Waals surface area contributed by atoms with Gasteiger partial charge in [-0.3, -0.25) is 0 Å². The molecule has 0 aliphatic rings. The number of nitrogens with zero attached hydrogens (tertiary/aromatic N) is 4. The number of hydrogen-bond acceptors (Lipinski definition) is 6. The van der Waals surface area contributed by atoms with E-state index in [0.29, 0.717) is 28.5 Å². The first-order chi connectivity index (χ1) is 12.2. The van der Waals surface area contributed by atoms with Gasteiger partial charge in [-0.1, -0.05) is 34.5 Å². The van der Waals surface area contributed by atoms with Crippen LogP contribution in [0.25, 0.3) is 22.8 Å². The van der Waals surface area contributed by atoms with Crippen molar-refractivity contribution in [2.24, 2.45) is 0 Å². The van der Waals surface area contributed by atoms with Crippen molar-refractivity contribution in [2.45, 2.75) is 13.3 Å². The first kappa shape index (κ1) is 15.5. The highest BCUT2D eigenvalue weighted by molar-refractivity contribution is 6.30. The van der Waals surface area contributed by atoms with E-state index in [1.807, 2.05) is 43.3 Å². The van der Waals surface area contributed by atoms with Gasteiger partial charge in [0.05, 0.1) is 0 Å². The molecule has 2 aromatic carbocycles. The van der Waals surface area contributed by atoms with Crippen LogP contribution < -0.4 is 0 Å². The van der Waals surface area contributed by atoms with E-state index in [9.17, 15) is 0 Å². The van der Waals surface area contributed by atoms with Crippen molar-refractivity contribution in [1.29, 1.82) is 0 Å². The number of hydrogen-bond donors (Lipinski definition) is 0. The van der Waals surface area contributed by atoms with Crippen molar-refractivity contribution >= 4 is 11.6 Å². The molecule has 0 saturated heterocycles. The average Bonchev–Trinajstić information content (AvgIpc) is 3.27. The Labute approximate surface area is 148 Å². The SMILES string of the molecule is Cc1ccc(-c2nnc(Cc3nc(-c4ccc(Cl)cc4)no3)o2)cc1. The van der Waals surface area contributed by atoms with Gasteiger partial charge in [0.1, 0.15) is 6.42 Å². The maximum atomic E-state index is 5.88. The molecule has 0 spiro atoms. The van der Waals surface area contributed by atoms with Gasteiger partial charge in [-0.05, 0) is 43.3 Å². The van der Waals surface area contributed by atoms with E-state index < -0.39 is 0 Å². The van der Waals surface area contributed by atoms with Gasteiger partial charge in [0.2, 0.25) is 23.5 Å². The summed E-state index contributed by atoms with van der Waals surface area (Å²) in [4.78, 5) is 4.35. The second kappa shape index (κ2) is 6.49. The fraction of sp³-hybridized carbons (Fsp3) is 0.111. The molecule has 0 radical (unpaired) electrons. The Hall–Kier alpha value is -2.99. The molecule has 0 unspecified atom stereocenters. The van der Waals surface area contributed by atoms with Crippen LogP contribution in [0.5, 0.6) is 0 Å². The fourth-order valence-electron chi connectivity index (χ4n) is 2.31. The minimum atomic E-state index is 0.277. The molecule has 0 aliphatic heterocycles. The van der Waals surface area contributed by atoms with Gasteiger partial charge in [0.15, 0.2) is 0 Å². The van der Waals surface area contributed by atoms with Crippen LogP contribution in [0.4, 0.5) is 0 Å². The van der Waals surface area contributed by atoms with Crippen LogP contribution in [0.1, 0.15) is 17.3 Å². The molecule has 0 N–H and O–H groups in total. The summed E-state index contributed by atoms with van der Waals surface area (Å²) in [6.07, 6.45) is 0.277. The molecule has 6 nitrogen and oxygen atoms in total. The summed E-state index contributed by atoms with van der Waals surface area (Å²) in [5, 5.41) is 12.7. The molecular weight excluding hydrogens is 340 g/mol. The van der Waals surface area contributed by atoms with E-state index in [2.05, 4.69) is 20.3 Å². The van der Waals surface area contributed by atoms with Crippen molar-refractivity contribution in [2.75, 3.05) is 0 Å². The van der Waals surface area contributed by atoms with Crippen LogP contribution in [0.3, 0.4) is 0 Å². The zero-order valence-electron chi connectivity index (χ0n) is 13.3. The van der Waals surface area contributed by atoms with Crippen molar-refractivity contribution < 1.29 is 8.94 Å². The van der Waals surface area contributed by atoms with Crippen molar-refractivity contribution in [1.82, 2.24) is 20.3 Å². The Balaban J connectivity index is 1.51. The van der Waals surface area contributed by atoms with Crippen molar-refractivity contribution in [3.8, 4) is 22.8 Å². The molecule has 25 heavy (non-hydrogen) atoms. The van der Waals surface area contributed by atoms with E-state index in [1.165, 1.54) is 5.56 Å². The maximum Gasteiger partial charge on any atom is 0.247 e. The monoisotopic (exact) mass is 352 g/mol. The number of benzene rings is 2. The van der Waals surface area contributed by atoms with E-state index in [-0.39, 0.29) is 6.42 Å². The van der Waals surface area contributed by atoms with E-state index >= 15 is 0 Å². The van der Waals surface area contributed by atoms with Gasteiger partial charge >= 0.3 is 0 Å². The highest BCUT2D eigenvalue weighted by Gasteiger charge is 2.14. The molecule has 0 aliphatic carbocycles. The average molecular weight is 353 g/mol. The highest BCUT2D eigenvalue weighted by Crippen LogP contribution is 2.21. The standard InChI is InChI=1S/C18H13ClN4O2/c1-11-2-4-13(5-3-11)18-22-21-16(24-18)10-15-20-17(23-25-15)12-6-8-14(19)9-7-12/h2-9H,10H2,1H3. The van der Waals surface area contributed by atoms with Crippen LogP contribution in [0.2, 0.25) is 5.02 Å². The first-order valence-corrected chi connectivity index (χ1v) is 8.03. The second-order valence-corrected chi connectivity index (χ2v) is 6.00. The summed E-state index contributed by atoms with van der Waals surface area (Å²) >= 11 is 5.88. The van der Waals surface area contributed by atoms with Crippen LogP contribution in [-0.4, -0.2) is 20.3 Å². The van der Waals surface area contributed by atoms with Crippen molar-refractivity contribution in [3.05, 3.63) is 70.9 Å². The zero-order chi connectivity index (χ0) is 17.2. The molecule has 0 bridgehead atoms. The van der Waals surface area contributed by atoms with E-state index in [1.54, 1.807) is 12.1 Å². The topological polar surface area (TPSA) is 77.8 Å². The lowest BCUT2D eigenvalue weighted by Crippen LogP contribution is -1.88. The second-order valence-electron chi connectivity index (χ2n) is 5.56. The van der Waals surface area contributed by atoms with Crippen LogP contribution in [-0.2, 0) is 6.42 Å². The normalized spacial score (nSPS) is 11.0. The lowest BCUT2D eigenvalue weighted by molar-refractivity contribution is 0.374. The number of halogens is 1. The van der Waals surface area contributed by atoms with Gasteiger partial charge in [-0.2, -0.15) is 4.98 Å². The predicted octanol–water partition coefficient (Wildman–Crippen LogP) is 4.34. The zero-order valence-corrected chi connectivity index (χ0v) is 14.1. The molecule has 0 atom stereocenters. The maximum absolute atomic E-state index is 5.88. The summed E-state index contributed by atoms with van der Waals surface area (Å²) in [5.74, 6) is 1.78. The molecule has 4 rings (SSSR count). The van der Waals surface area contributed by atoms with E-state index in [4.69, 9.17) is 20.5 Å². The predicted molar refractivity (Wildman–Crippen MR) is 92.0 cm³/mol. The molecule has 2 heterocycles. The Morgan fingerprint density at radius 1 is 0.880 bits per heavy atom. The van der Waals surface area contributed by atoms with Gasteiger partial charge < -0.3 is 8.94 Å². The summed E-state index contributed by atoms with van der Waals surface area (Å²) in [6, 6.07) is 15.1. The lowest BCUT2D eigenvalue weighted by Gasteiger charge is -1.95. The quantitative estimate of drug-likeness (QED) is 0.543. The third-order valence-corrected chi connectivity index (χ3v) is 3.89. The summed E-state index contributed by atoms with van der Waals surface area (Å²) in [5.41, 5.74) is 2.87. The molecule has 0 saturated carbocycles. The molecular formula is C18H13ClN4O2. The Bertz CT molecular complexity index is 909. The molecule has 2 aromatic heterocycles. The molecule has 0 amide bonds. The minimum absolute atomic E-state index is 0.277. The number of aromatic nitrogens is 4. The third-order valence-electron chi connectivity index (χ3n) is 3.64. The van der Waals surface area contributed by atoms with E-state index in [0.717, 1.165) is 11.1 Å². The van der Waals surface area contributed by atoms with Gasteiger partial charge in [0, 0.05) is 16.1 Å². The summed E-state index contributed by atoms with van der Waals surface area (Å²) < 4.78 is 10.9. The summed E-state index contributed by atoms with van der Waals surface area (Å²) in [6.45, 7) is 2.02. The third kappa shape index (κ3) is 3.44. The Kier molecular flexibility index (Phi) is 4.03.